The molecule has 0 bridgehead atoms. The molecule has 0 aliphatic heterocycles. The molecule has 0 aromatic rings. The van der Waals surface area contributed by atoms with Gasteiger partial charge in [-0.3, -0.25) is 0 Å². The first-order chi connectivity index (χ1) is 8.77. The summed E-state index contributed by atoms with van der Waals surface area (Å²) in [5, 5.41) is 1.63. The topological polar surface area (TPSA) is 121 Å². The Hall–Kier alpha value is 1.68. The van der Waals surface area contributed by atoms with Crippen LogP contribution in [0.1, 0.15) is 46.5 Å². The molecule has 0 saturated heterocycles. The maximum absolute atomic E-state index is 7.56. The maximum atomic E-state index is 7.56. The summed E-state index contributed by atoms with van der Waals surface area (Å²) in [5.74, 6) is 0. The molecule has 0 spiro atoms. The standard InChI is InChI=1S/C6H13.C3H7.2H3O3PS.Zn/c1-3-5-6-4-2;1-3-2;2*1-4(2,3)5;/h1,3-6H2,2H3;3H,1-2H3;2*(H3,1,2,3,5);. The Morgan fingerprint density at radius 3 is 1.45 bits per heavy atom. The zero-order valence-corrected chi connectivity index (χ0v) is 18.6. The van der Waals surface area contributed by atoms with Crippen molar-refractivity contribution < 1.29 is 46.5 Å². The minimum absolute atomic E-state index is 0.0677. The predicted molar refractivity (Wildman–Crippen MR) is 85.9 cm³/mol. The van der Waals surface area contributed by atoms with Crippen molar-refractivity contribution in [2.75, 3.05) is 0 Å². The average Bonchev–Trinajstić information content (AvgIpc) is 2.11. The Labute approximate surface area is 139 Å². The van der Waals surface area contributed by atoms with E-state index >= 15 is 0 Å². The minimum Gasteiger partial charge on any atom is -0.325 e. The van der Waals surface area contributed by atoms with Crippen LogP contribution in [-0.4, -0.2) is 29.4 Å². The van der Waals surface area contributed by atoms with E-state index in [2.05, 4.69) is 44.4 Å². The molecular formula is C9H26O6P2S2Zn. The van der Waals surface area contributed by atoms with E-state index in [0.29, 0.717) is 0 Å². The molecule has 0 heterocycles. The van der Waals surface area contributed by atoms with Gasteiger partial charge in [0.25, 0.3) is 0 Å². The van der Waals surface area contributed by atoms with Gasteiger partial charge in [-0.15, -0.1) is 0 Å². The van der Waals surface area contributed by atoms with E-state index in [1.807, 2.05) is 0 Å². The van der Waals surface area contributed by atoms with E-state index in [4.69, 9.17) is 29.4 Å². The third-order valence-electron chi connectivity index (χ3n) is 1.89. The van der Waals surface area contributed by atoms with Gasteiger partial charge in [-0.2, -0.15) is 0 Å². The monoisotopic (exact) mass is 420 g/mol. The molecule has 0 fully saturated rings. The third-order valence-corrected chi connectivity index (χ3v) is 6.21. The van der Waals surface area contributed by atoms with Crippen LogP contribution < -0.4 is 0 Å². The van der Waals surface area contributed by atoms with Crippen molar-refractivity contribution in [3.63, 3.8) is 0 Å². The minimum atomic E-state index is -3.81. The van der Waals surface area contributed by atoms with Crippen molar-refractivity contribution in [2.24, 2.45) is 0 Å². The van der Waals surface area contributed by atoms with Gasteiger partial charge in [0.2, 0.25) is 0 Å². The van der Waals surface area contributed by atoms with Crippen LogP contribution in [0.25, 0.3) is 0 Å². The fourth-order valence-corrected chi connectivity index (χ4v) is 4.22. The Bertz CT molecular complexity index is 258. The van der Waals surface area contributed by atoms with Crippen LogP contribution in [0, 0.1) is 0 Å². The van der Waals surface area contributed by atoms with Crippen LogP contribution in [-0.2, 0) is 40.7 Å². The van der Waals surface area contributed by atoms with Crippen LogP contribution in [0.4, 0.5) is 0 Å². The van der Waals surface area contributed by atoms with Gasteiger partial charge in [-0.25, -0.2) is 0 Å². The summed E-state index contributed by atoms with van der Waals surface area (Å²) >= 11 is 7.14. The summed E-state index contributed by atoms with van der Waals surface area (Å²) in [7, 11) is 0. The van der Waals surface area contributed by atoms with Crippen molar-refractivity contribution in [1.29, 1.82) is 0 Å². The molecular weight excluding hydrogens is 396 g/mol. The van der Waals surface area contributed by atoms with Gasteiger partial charge < -0.3 is 29.4 Å². The molecule has 0 aliphatic carbocycles. The summed E-state index contributed by atoms with van der Waals surface area (Å²) in [6.07, 6.45) is 5.87. The second kappa shape index (κ2) is 15.6. The second-order valence-corrected chi connectivity index (χ2v) is 15.7. The maximum Gasteiger partial charge on any atom is 0.319 e. The van der Waals surface area contributed by atoms with Crippen LogP contribution in [0.3, 0.4) is 0 Å². The molecule has 0 radical (unpaired) electrons. The molecule has 0 aromatic carbocycles. The van der Waals surface area contributed by atoms with Gasteiger partial charge in [0.15, 0.2) is 0 Å². The number of hydrogen-bond acceptors (Lipinski definition) is 2. The molecule has 11 heteroatoms. The van der Waals surface area contributed by atoms with Gasteiger partial charge in [-0.1, -0.05) is 0 Å². The van der Waals surface area contributed by atoms with Gasteiger partial charge in [-0.05, 0) is 23.6 Å². The third kappa shape index (κ3) is 91.1. The van der Waals surface area contributed by atoms with Crippen LogP contribution in [0.15, 0.2) is 0 Å². The predicted octanol–water partition coefficient (Wildman–Crippen LogP) is 2.27. The summed E-state index contributed by atoms with van der Waals surface area (Å²) in [6.45, 7) is -0.552. The van der Waals surface area contributed by atoms with E-state index in [1.165, 1.54) is 25.7 Å². The molecule has 0 unspecified atom stereocenters. The van der Waals surface area contributed by atoms with Crippen molar-refractivity contribution in [2.45, 2.75) is 56.0 Å². The average molecular weight is 422 g/mol. The van der Waals surface area contributed by atoms with E-state index in [1.54, 1.807) is 5.02 Å². The Balaban J connectivity index is -0.000000244. The van der Waals surface area contributed by atoms with Crippen LogP contribution >= 0.6 is 13.4 Å². The van der Waals surface area contributed by atoms with E-state index < -0.39 is 13.4 Å². The van der Waals surface area contributed by atoms with Gasteiger partial charge >= 0.3 is 86.5 Å². The largest absolute Gasteiger partial charge is 0.325 e. The van der Waals surface area contributed by atoms with Crippen LogP contribution in [0.5, 0.6) is 0 Å². The number of hydrogen-bond donors (Lipinski definition) is 6. The van der Waals surface area contributed by atoms with Crippen molar-refractivity contribution in [3.8, 4) is 0 Å². The van der Waals surface area contributed by atoms with E-state index in [0.717, 1.165) is 4.51 Å². The normalized spacial score (nSPS) is 10.9. The summed E-state index contributed by atoms with van der Waals surface area (Å²) < 4.78 is 1.09. The van der Waals surface area contributed by atoms with Gasteiger partial charge in [0.1, 0.15) is 0 Å². The zero-order chi connectivity index (χ0) is 16.8. The molecule has 0 atom stereocenters. The molecule has 122 valence electrons. The molecule has 6 nitrogen and oxygen atoms in total. The first-order valence-corrected chi connectivity index (χ1v) is 15.5. The van der Waals surface area contributed by atoms with Crippen molar-refractivity contribution in [1.82, 2.24) is 0 Å². The molecule has 0 aromatic heterocycles. The Kier molecular flexibility index (Phi) is 20.7. The molecule has 6 N–H and O–H groups in total. The quantitative estimate of drug-likeness (QED) is 0.219. The smallest absolute Gasteiger partial charge is 0.319 e. The van der Waals surface area contributed by atoms with Gasteiger partial charge in [0.05, 0.1) is 0 Å². The summed E-state index contributed by atoms with van der Waals surface area (Å²) in [6, 6.07) is 0. The Morgan fingerprint density at radius 1 is 0.850 bits per heavy atom. The first-order valence-electron chi connectivity index (χ1n) is 6.34. The number of unbranched alkanes of at least 4 members (excludes halogenated alkanes) is 3. The molecule has 0 aliphatic rings. The van der Waals surface area contributed by atoms with Gasteiger partial charge in [0, 0.05) is 0 Å². The Morgan fingerprint density at radius 2 is 1.20 bits per heavy atom. The van der Waals surface area contributed by atoms with Crippen molar-refractivity contribution >= 4 is 37.1 Å². The van der Waals surface area contributed by atoms with Crippen molar-refractivity contribution in [3.05, 3.63) is 0 Å². The molecule has 0 saturated carbocycles. The van der Waals surface area contributed by atoms with Crippen LogP contribution in [0.2, 0.25) is 9.53 Å². The summed E-state index contributed by atoms with van der Waals surface area (Å²) in [4.78, 5) is 45.3. The summed E-state index contributed by atoms with van der Waals surface area (Å²) in [5.41, 5.74) is 0. The SMILES string of the molecule is CCCCC[CH2][Zn][CH](C)C.OP(O)(O)=S.OP(O)(O)=S. The van der Waals surface area contributed by atoms with E-state index in [-0.39, 0.29) is 17.1 Å². The first kappa shape index (κ1) is 26.6. The fraction of sp³-hybridized carbons (Fsp3) is 1.00. The molecule has 0 rings (SSSR count). The molecule has 0 amide bonds. The van der Waals surface area contributed by atoms with E-state index in [9.17, 15) is 0 Å². The molecule has 20 heavy (non-hydrogen) atoms. The zero-order valence-electron chi connectivity index (χ0n) is 12.2. The number of rotatable bonds is 6. The fourth-order valence-electron chi connectivity index (χ4n) is 1.16. The second-order valence-electron chi connectivity index (χ2n) is 4.62.